The molecule has 1 fully saturated rings. The predicted octanol–water partition coefficient (Wildman–Crippen LogP) is 1.88. The fourth-order valence-corrected chi connectivity index (χ4v) is 2.06. The first kappa shape index (κ1) is 11.6. The Bertz CT molecular complexity index is 437. The lowest BCUT2D eigenvalue weighted by Crippen LogP contribution is -2.28. The van der Waals surface area contributed by atoms with E-state index in [1.165, 1.54) is 6.92 Å². The second-order valence-corrected chi connectivity index (χ2v) is 4.23. The van der Waals surface area contributed by atoms with Crippen LogP contribution in [0.25, 0.3) is 0 Å². The summed E-state index contributed by atoms with van der Waals surface area (Å²) in [5.41, 5.74) is 1.17. The lowest BCUT2D eigenvalue weighted by atomic mass is 10.1. The third-order valence-corrected chi connectivity index (χ3v) is 2.86. The van der Waals surface area contributed by atoms with Crippen molar-refractivity contribution in [1.82, 2.24) is 4.90 Å². The highest BCUT2D eigenvalue weighted by atomic mass is 16.2. The van der Waals surface area contributed by atoms with Crippen molar-refractivity contribution in [3.05, 3.63) is 29.8 Å². The number of hydrogen-bond acceptors (Lipinski definition) is 2. The summed E-state index contributed by atoms with van der Waals surface area (Å²) in [6, 6.07) is 7.14. The Morgan fingerprint density at radius 3 is 2.47 bits per heavy atom. The number of nitrogens with one attached hydrogen (secondary N) is 1. The van der Waals surface area contributed by atoms with Crippen LogP contribution in [0, 0.1) is 0 Å². The molecule has 0 aliphatic carbocycles. The number of amides is 2. The SMILES string of the molecule is CC(=O)Nc1ccccc1C(=O)N1CCCC1. The van der Waals surface area contributed by atoms with E-state index in [0.717, 1.165) is 25.9 Å². The van der Waals surface area contributed by atoms with Crippen molar-refractivity contribution in [2.45, 2.75) is 19.8 Å². The Labute approximate surface area is 101 Å². The molecule has 1 aliphatic heterocycles. The minimum absolute atomic E-state index is 0.00634. The molecule has 4 nitrogen and oxygen atoms in total. The van der Waals surface area contributed by atoms with Gasteiger partial charge in [-0.2, -0.15) is 0 Å². The average Bonchev–Trinajstić information content (AvgIpc) is 2.81. The molecule has 1 N–H and O–H groups in total. The van der Waals surface area contributed by atoms with Crippen LogP contribution < -0.4 is 5.32 Å². The van der Waals surface area contributed by atoms with E-state index in [9.17, 15) is 9.59 Å². The van der Waals surface area contributed by atoms with Crippen LogP contribution in [0.15, 0.2) is 24.3 Å². The average molecular weight is 232 g/mol. The molecule has 0 aromatic heterocycles. The van der Waals surface area contributed by atoms with Gasteiger partial charge in [0.25, 0.3) is 5.91 Å². The molecule has 0 unspecified atom stereocenters. The molecule has 2 amide bonds. The van der Waals surface area contributed by atoms with Gasteiger partial charge in [-0.1, -0.05) is 12.1 Å². The number of hydrogen-bond donors (Lipinski definition) is 1. The molecule has 1 aromatic carbocycles. The van der Waals surface area contributed by atoms with Gasteiger partial charge in [-0.15, -0.1) is 0 Å². The number of carbonyl (C=O) groups excluding carboxylic acids is 2. The lowest BCUT2D eigenvalue weighted by molar-refractivity contribution is -0.114. The summed E-state index contributed by atoms with van der Waals surface area (Å²) in [6.07, 6.45) is 2.13. The number of carbonyl (C=O) groups is 2. The van der Waals surface area contributed by atoms with Crippen molar-refractivity contribution < 1.29 is 9.59 Å². The quantitative estimate of drug-likeness (QED) is 0.846. The molecule has 1 saturated heterocycles. The number of nitrogens with zero attached hydrogens (tertiary/aromatic N) is 1. The van der Waals surface area contributed by atoms with Crippen molar-refractivity contribution in [2.75, 3.05) is 18.4 Å². The van der Waals surface area contributed by atoms with Gasteiger partial charge in [0, 0.05) is 20.0 Å². The fraction of sp³-hybridized carbons (Fsp3) is 0.385. The van der Waals surface area contributed by atoms with Gasteiger partial charge >= 0.3 is 0 Å². The highest BCUT2D eigenvalue weighted by Gasteiger charge is 2.21. The number of rotatable bonds is 2. The van der Waals surface area contributed by atoms with Crippen molar-refractivity contribution in [3.8, 4) is 0 Å². The molecule has 1 heterocycles. The first-order valence-corrected chi connectivity index (χ1v) is 5.84. The zero-order valence-corrected chi connectivity index (χ0v) is 9.90. The summed E-state index contributed by atoms with van der Waals surface area (Å²) >= 11 is 0. The van der Waals surface area contributed by atoms with Gasteiger partial charge in [-0.3, -0.25) is 9.59 Å². The Morgan fingerprint density at radius 2 is 1.82 bits per heavy atom. The summed E-state index contributed by atoms with van der Waals surface area (Å²) < 4.78 is 0. The van der Waals surface area contributed by atoms with Crippen LogP contribution in [-0.2, 0) is 4.79 Å². The van der Waals surface area contributed by atoms with E-state index in [2.05, 4.69) is 5.32 Å². The molecular weight excluding hydrogens is 216 g/mol. The fourth-order valence-electron chi connectivity index (χ4n) is 2.06. The van der Waals surface area contributed by atoms with Crippen LogP contribution in [0.1, 0.15) is 30.1 Å². The summed E-state index contributed by atoms with van der Waals surface area (Å²) in [7, 11) is 0. The van der Waals surface area contributed by atoms with Gasteiger partial charge in [-0.25, -0.2) is 0 Å². The Morgan fingerprint density at radius 1 is 1.18 bits per heavy atom. The number of para-hydroxylation sites is 1. The molecule has 90 valence electrons. The Hall–Kier alpha value is -1.84. The van der Waals surface area contributed by atoms with E-state index >= 15 is 0 Å². The zero-order valence-electron chi connectivity index (χ0n) is 9.90. The normalized spacial score (nSPS) is 14.8. The largest absolute Gasteiger partial charge is 0.339 e. The van der Waals surface area contributed by atoms with Gasteiger partial charge in [0.2, 0.25) is 5.91 Å². The molecular formula is C13H16N2O2. The molecule has 4 heteroatoms. The second kappa shape index (κ2) is 4.99. The van der Waals surface area contributed by atoms with E-state index in [0.29, 0.717) is 11.3 Å². The monoisotopic (exact) mass is 232 g/mol. The van der Waals surface area contributed by atoms with Crippen LogP contribution >= 0.6 is 0 Å². The third-order valence-electron chi connectivity index (χ3n) is 2.86. The molecule has 0 bridgehead atoms. The Balaban J connectivity index is 2.24. The Kier molecular flexibility index (Phi) is 3.42. The second-order valence-electron chi connectivity index (χ2n) is 4.23. The summed E-state index contributed by atoms with van der Waals surface area (Å²) in [4.78, 5) is 25.1. The van der Waals surface area contributed by atoms with E-state index in [1.54, 1.807) is 12.1 Å². The summed E-state index contributed by atoms with van der Waals surface area (Å²) in [5.74, 6) is -0.154. The van der Waals surface area contributed by atoms with E-state index in [-0.39, 0.29) is 11.8 Å². The van der Waals surface area contributed by atoms with E-state index in [1.807, 2.05) is 17.0 Å². The highest BCUT2D eigenvalue weighted by molar-refractivity contribution is 6.03. The first-order valence-electron chi connectivity index (χ1n) is 5.84. The maximum Gasteiger partial charge on any atom is 0.255 e. The smallest absolute Gasteiger partial charge is 0.255 e. The van der Waals surface area contributed by atoms with Gasteiger partial charge in [0.05, 0.1) is 11.3 Å². The molecule has 1 aromatic rings. The molecule has 0 saturated carbocycles. The topological polar surface area (TPSA) is 49.4 Å². The number of anilines is 1. The van der Waals surface area contributed by atoms with Crippen molar-refractivity contribution in [1.29, 1.82) is 0 Å². The molecule has 0 atom stereocenters. The van der Waals surface area contributed by atoms with Gasteiger partial charge < -0.3 is 10.2 Å². The summed E-state index contributed by atoms with van der Waals surface area (Å²) in [6.45, 7) is 3.07. The zero-order chi connectivity index (χ0) is 12.3. The lowest BCUT2D eigenvalue weighted by Gasteiger charge is -2.17. The van der Waals surface area contributed by atoms with Crippen LogP contribution in [0.4, 0.5) is 5.69 Å². The maximum absolute atomic E-state index is 12.2. The molecule has 0 spiro atoms. The molecule has 2 rings (SSSR count). The standard InChI is InChI=1S/C13H16N2O2/c1-10(16)14-12-7-3-2-6-11(12)13(17)15-8-4-5-9-15/h2-3,6-7H,4-5,8-9H2,1H3,(H,14,16). The van der Waals surface area contributed by atoms with Crippen molar-refractivity contribution >= 4 is 17.5 Å². The first-order chi connectivity index (χ1) is 8.18. The van der Waals surface area contributed by atoms with E-state index < -0.39 is 0 Å². The summed E-state index contributed by atoms with van der Waals surface area (Å²) in [5, 5.41) is 2.69. The van der Waals surface area contributed by atoms with Crippen LogP contribution in [-0.4, -0.2) is 29.8 Å². The highest BCUT2D eigenvalue weighted by Crippen LogP contribution is 2.19. The van der Waals surface area contributed by atoms with Crippen molar-refractivity contribution in [2.24, 2.45) is 0 Å². The molecule has 17 heavy (non-hydrogen) atoms. The molecule has 1 aliphatic rings. The molecule has 0 radical (unpaired) electrons. The van der Waals surface area contributed by atoms with Gasteiger partial charge in [-0.05, 0) is 25.0 Å². The maximum atomic E-state index is 12.2. The minimum atomic E-state index is -0.160. The van der Waals surface area contributed by atoms with Crippen LogP contribution in [0.3, 0.4) is 0 Å². The third kappa shape index (κ3) is 2.64. The van der Waals surface area contributed by atoms with Crippen LogP contribution in [0.5, 0.6) is 0 Å². The number of benzene rings is 1. The predicted molar refractivity (Wildman–Crippen MR) is 65.9 cm³/mol. The van der Waals surface area contributed by atoms with Crippen molar-refractivity contribution in [3.63, 3.8) is 0 Å². The minimum Gasteiger partial charge on any atom is -0.339 e. The van der Waals surface area contributed by atoms with E-state index in [4.69, 9.17) is 0 Å². The van der Waals surface area contributed by atoms with Gasteiger partial charge in [0.1, 0.15) is 0 Å². The van der Waals surface area contributed by atoms with Gasteiger partial charge in [0.15, 0.2) is 0 Å². The van der Waals surface area contributed by atoms with Crippen LogP contribution in [0.2, 0.25) is 0 Å². The number of likely N-dealkylation sites (tertiary alicyclic amines) is 1.